The summed E-state index contributed by atoms with van der Waals surface area (Å²) in [5.74, 6) is 1.75. The quantitative estimate of drug-likeness (QED) is 0.671. The Labute approximate surface area is 160 Å². The second-order valence-corrected chi connectivity index (χ2v) is 8.48. The van der Waals surface area contributed by atoms with E-state index in [9.17, 15) is 0 Å². The number of ether oxygens (including phenoxy) is 1. The highest BCUT2D eigenvalue weighted by atomic mass is 32.2. The topological polar surface area (TPSA) is 79.8 Å². The van der Waals surface area contributed by atoms with E-state index in [-0.39, 0.29) is 0 Å². The van der Waals surface area contributed by atoms with Crippen molar-refractivity contribution in [2.75, 3.05) is 26.3 Å². The maximum atomic E-state index is 5.44. The van der Waals surface area contributed by atoms with Gasteiger partial charge < -0.3 is 4.74 Å². The van der Waals surface area contributed by atoms with Crippen molar-refractivity contribution >= 4 is 33.3 Å². The van der Waals surface area contributed by atoms with Crippen LogP contribution in [-0.2, 0) is 17.7 Å². The standard InChI is InChI=1S/C17H22N6OS2/c1-4-12-20-17(22-21-12)26-16-14-10(2)11(3)25-15(14)18-13(19-16)9-23-5-7-24-8-6-23/h4-9H2,1-3H3,(H,20,21,22). The van der Waals surface area contributed by atoms with Crippen LogP contribution in [0.5, 0.6) is 0 Å². The summed E-state index contributed by atoms with van der Waals surface area (Å²) in [6.07, 6.45) is 0.839. The van der Waals surface area contributed by atoms with Gasteiger partial charge in [-0.05, 0) is 31.2 Å². The van der Waals surface area contributed by atoms with Gasteiger partial charge >= 0.3 is 0 Å². The molecule has 0 aliphatic carbocycles. The van der Waals surface area contributed by atoms with Crippen molar-refractivity contribution in [3.63, 3.8) is 0 Å². The van der Waals surface area contributed by atoms with Crippen LogP contribution in [0.15, 0.2) is 10.2 Å². The maximum absolute atomic E-state index is 5.44. The lowest BCUT2D eigenvalue weighted by atomic mass is 10.2. The summed E-state index contributed by atoms with van der Waals surface area (Å²) in [5, 5.41) is 10.1. The molecule has 3 aromatic rings. The van der Waals surface area contributed by atoms with Crippen LogP contribution in [-0.4, -0.2) is 56.4 Å². The molecule has 0 spiro atoms. The van der Waals surface area contributed by atoms with Gasteiger partial charge in [-0.15, -0.1) is 16.4 Å². The van der Waals surface area contributed by atoms with Gasteiger partial charge in [0.05, 0.1) is 19.8 Å². The minimum atomic E-state index is 0.711. The number of morpholine rings is 1. The predicted molar refractivity (Wildman–Crippen MR) is 103 cm³/mol. The van der Waals surface area contributed by atoms with E-state index in [0.717, 1.165) is 66.2 Å². The lowest BCUT2D eigenvalue weighted by Gasteiger charge is -2.25. The third kappa shape index (κ3) is 3.62. The van der Waals surface area contributed by atoms with Crippen LogP contribution in [0.1, 0.15) is 29.0 Å². The molecule has 1 aliphatic heterocycles. The number of hydrogen-bond donors (Lipinski definition) is 1. The van der Waals surface area contributed by atoms with E-state index in [1.807, 2.05) is 0 Å². The second kappa shape index (κ2) is 7.59. The molecule has 9 heteroatoms. The average Bonchev–Trinajstić information content (AvgIpc) is 3.20. The van der Waals surface area contributed by atoms with Gasteiger partial charge in [0.15, 0.2) is 0 Å². The predicted octanol–water partition coefficient (Wildman–Crippen LogP) is 2.97. The number of nitrogens with zero attached hydrogens (tertiary/aromatic N) is 5. The molecule has 0 aromatic carbocycles. The van der Waals surface area contributed by atoms with E-state index in [1.54, 1.807) is 11.3 Å². The van der Waals surface area contributed by atoms with Gasteiger partial charge in [0, 0.05) is 29.8 Å². The van der Waals surface area contributed by atoms with Crippen molar-refractivity contribution < 1.29 is 4.74 Å². The SMILES string of the molecule is CCc1nc(Sc2nc(CN3CCOCC3)nc3sc(C)c(C)c23)n[nH]1. The van der Waals surface area contributed by atoms with Crippen molar-refractivity contribution in [1.82, 2.24) is 30.0 Å². The molecule has 1 fully saturated rings. The second-order valence-electron chi connectivity index (χ2n) is 6.32. The van der Waals surface area contributed by atoms with E-state index in [4.69, 9.17) is 14.7 Å². The fraction of sp³-hybridized carbons (Fsp3) is 0.529. The number of nitrogens with one attached hydrogen (secondary N) is 1. The molecule has 0 unspecified atom stereocenters. The zero-order valence-electron chi connectivity index (χ0n) is 15.2. The van der Waals surface area contributed by atoms with Gasteiger partial charge in [-0.3, -0.25) is 10.00 Å². The largest absolute Gasteiger partial charge is 0.379 e. The van der Waals surface area contributed by atoms with Gasteiger partial charge in [-0.1, -0.05) is 6.92 Å². The molecule has 1 N–H and O–H groups in total. The first-order chi connectivity index (χ1) is 12.6. The van der Waals surface area contributed by atoms with Crippen LogP contribution in [0, 0.1) is 13.8 Å². The Balaban J connectivity index is 1.70. The normalized spacial score (nSPS) is 15.8. The number of rotatable bonds is 5. The smallest absolute Gasteiger partial charge is 0.214 e. The molecule has 0 bridgehead atoms. The molecule has 3 aromatic heterocycles. The van der Waals surface area contributed by atoms with Crippen molar-refractivity contribution in [2.24, 2.45) is 0 Å². The lowest BCUT2D eigenvalue weighted by molar-refractivity contribution is 0.0330. The van der Waals surface area contributed by atoms with Crippen LogP contribution in [0.25, 0.3) is 10.2 Å². The Bertz CT molecular complexity index is 916. The monoisotopic (exact) mass is 390 g/mol. The summed E-state index contributed by atoms with van der Waals surface area (Å²) in [5.41, 5.74) is 1.25. The summed E-state index contributed by atoms with van der Waals surface area (Å²) in [6, 6.07) is 0. The Kier molecular flexibility index (Phi) is 5.21. The minimum absolute atomic E-state index is 0.711. The van der Waals surface area contributed by atoms with E-state index in [0.29, 0.717) is 5.16 Å². The number of aromatic nitrogens is 5. The molecule has 0 radical (unpaired) electrons. The number of aryl methyl sites for hydroxylation is 3. The number of thiophene rings is 1. The van der Waals surface area contributed by atoms with Crippen LogP contribution in [0.4, 0.5) is 0 Å². The Morgan fingerprint density at radius 2 is 2.00 bits per heavy atom. The van der Waals surface area contributed by atoms with E-state index in [2.05, 4.69) is 40.9 Å². The number of fused-ring (bicyclic) bond motifs is 1. The van der Waals surface area contributed by atoms with Crippen molar-refractivity contribution in [1.29, 1.82) is 0 Å². The van der Waals surface area contributed by atoms with E-state index < -0.39 is 0 Å². The van der Waals surface area contributed by atoms with Crippen LogP contribution in [0.2, 0.25) is 0 Å². The Morgan fingerprint density at radius 3 is 2.73 bits per heavy atom. The molecule has 4 heterocycles. The van der Waals surface area contributed by atoms with Gasteiger partial charge in [0.25, 0.3) is 0 Å². The van der Waals surface area contributed by atoms with E-state index >= 15 is 0 Å². The molecule has 1 saturated heterocycles. The molecular weight excluding hydrogens is 368 g/mol. The molecule has 0 atom stereocenters. The molecule has 26 heavy (non-hydrogen) atoms. The van der Waals surface area contributed by atoms with Gasteiger partial charge in [-0.25, -0.2) is 15.0 Å². The Morgan fingerprint density at radius 1 is 1.19 bits per heavy atom. The summed E-state index contributed by atoms with van der Waals surface area (Å²) in [7, 11) is 0. The number of hydrogen-bond acceptors (Lipinski definition) is 8. The zero-order valence-corrected chi connectivity index (χ0v) is 16.8. The first-order valence-corrected chi connectivity index (χ1v) is 10.4. The van der Waals surface area contributed by atoms with Gasteiger partial charge in [0.1, 0.15) is 21.5 Å². The van der Waals surface area contributed by atoms with Crippen molar-refractivity contribution in [2.45, 2.75) is 43.9 Å². The highest BCUT2D eigenvalue weighted by Gasteiger charge is 2.19. The molecule has 0 amide bonds. The molecular formula is C17H22N6OS2. The number of H-pyrrole nitrogens is 1. The first kappa shape index (κ1) is 17.8. The number of aromatic amines is 1. The van der Waals surface area contributed by atoms with Gasteiger partial charge in [-0.2, -0.15) is 0 Å². The Hall–Kier alpha value is -1.55. The third-order valence-corrected chi connectivity index (χ3v) is 6.50. The molecule has 0 saturated carbocycles. The summed E-state index contributed by atoms with van der Waals surface area (Å²) < 4.78 is 5.44. The molecule has 138 valence electrons. The fourth-order valence-electron chi connectivity index (χ4n) is 2.93. The van der Waals surface area contributed by atoms with Crippen molar-refractivity contribution in [3.8, 4) is 0 Å². The van der Waals surface area contributed by atoms with Crippen LogP contribution >= 0.6 is 23.1 Å². The lowest BCUT2D eigenvalue weighted by Crippen LogP contribution is -2.36. The van der Waals surface area contributed by atoms with Crippen LogP contribution < -0.4 is 0 Å². The van der Waals surface area contributed by atoms with Crippen molar-refractivity contribution in [3.05, 3.63) is 22.1 Å². The third-order valence-electron chi connectivity index (χ3n) is 4.54. The highest BCUT2D eigenvalue weighted by Crippen LogP contribution is 2.37. The van der Waals surface area contributed by atoms with Crippen LogP contribution in [0.3, 0.4) is 0 Å². The maximum Gasteiger partial charge on any atom is 0.214 e. The average molecular weight is 391 g/mol. The zero-order chi connectivity index (χ0) is 18.1. The molecule has 7 nitrogen and oxygen atoms in total. The molecule has 4 rings (SSSR count). The molecule has 1 aliphatic rings. The highest BCUT2D eigenvalue weighted by molar-refractivity contribution is 7.99. The van der Waals surface area contributed by atoms with Gasteiger partial charge in [0.2, 0.25) is 5.16 Å². The minimum Gasteiger partial charge on any atom is -0.379 e. The first-order valence-electron chi connectivity index (χ1n) is 8.80. The van der Waals surface area contributed by atoms with E-state index in [1.165, 1.54) is 22.2 Å². The summed E-state index contributed by atoms with van der Waals surface area (Å²) in [6.45, 7) is 10.5. The fourth-order valence-corrected chi connectivity index (χ4v) is 4.96. The summed E-state index contributed by atoms with van der Waals surface area (Å²) >= 11 is 3.25. The summed E-state index contributed by atoms with van der Waals surface area (Å²) in [4.78, 5) is 18.9.